The van der Waals surface area contributed by atoms with Gasteiger partial charge in [0.2, 0.25) is 0 Å². The summed E-state index contributed by atoms with van der Waals surface area (Å²) in [5.41, 5.74) is 3.00. The molecule has 34 heavy (non-hydrogen) atoms. The monoisotopic (exact) mass is 507 g/mol. The van der Waals surface area contributed by atoms with E-state index in [0.717, 1.165) is 33.9 Å². The van der Waals surface area contributed by atoms with Gasteiger partial charge in [0.05, 0.1) is 18.0 Å². The summed E-state index contributed by atoms with van der Waals surface area (Å²) in [5, 5.41) is 18.4. The van der Waals surface area contributed by atoms with E-state index in [0.29, 0.717) is 34.1 Å². The third kappa shape index (κ3) is 4.14. The highest BCUT2D eigenvalue weighted by Crippen LogP contribution is 2.36. The summed E-state index contributed by atoms with van der Waals surface area (Å²) >= 11 is 14.4. The number of thioether (sulfide) groups is 1. The Kier molecular flexibility index (Phi) is 6.22. The van der Waals surface area contributed by atoms with Gasteiger partial charge in [0, 0.05) is 32.9 Å². The van der Waals surface area contributed by atoms with E-state index < -0.39 is 5.54 Å². The molecule has 170 valence electrons. The van der Waals surface area contributed by atoms with Crippen LogP contribution in [0, 0.1) is 11.3 Å². The van der Waals surface area contributed by atoms with Gasteiger partial charge in [-0.2, -0.15) is 22.1 Å². The lowest BCUT2D eigenvalue weighted by atomic mass is 9.93. The first-order valence-electron chi connectivity index (χ1n) is 10.7. The van der Waals surface area contributed by atoms with Crippen LogP contribution in [0.5, 0.6) is 0 Å². The van der Waals surface area contributed by atoms with Gasteiger partial charge in [0.15, 0.2) is 5.65 Å². The van der Waals surface area contributed by atoms with Gasteiger partial charge in [-0.15, -0.1) is 0 Å². The molecule has 5 rings (SSSR count). The largest absolute Gasteiger partial charge is 0.333 e. The van der Waals surface area contributed by atoms with Gasteiger partial charge in [-0.1, -0.05) is 53.5 Å². The quantitative estimate of drug-likeness (QED) is 0.372. The number of rotatable bonds is 4. The van der Waals surface area contributed by atoms with Gasteiger partial charge in [-0.25, -0.2) is 9.50 Å². The Hall–Kier alpha value is -3.05. The predicted octanol–water partition coefficient (Wildman–Crippen LogP) is 5.89. The van der Waals surface area contributed by atoms with Gasteiger partial charge < -0.3 is 5.32 Å². The van der Waals surface area contributed by atoms with Crippen molar-refractivity contribution >= 4 is 46.5 Å². The molecule has 4 aromatic rings. The van der Waals surface area contributed by atoms with Crippen LogP contribution in [0.1, 0.15) is 23.2 Å². The number of nitrogens with zero attached hydrogens (tertiary/aromatic N) is 4. The van der Waals surface area contributed by atoms with Gasteiger partial charge in [-0.3, -0.25) is 4.79 Å². The molecule has 2 aromatic heterocycles. The number of amides is 1. The Morgan fingerprint density at radius 1 is 1.06 bits per heavy atom. The lowest BCUT2D eigenvalue weighted by Crippen LogP contribution is -2.49. The lowest BCUT2D eigenvalue weighted by molar-refractivity contribution is 0.0917. The molecular formula is C25H19Cl2N5OS. The molecule has 0 bridgehead atoms. The summed E-state index contributed by atoms with van der Waals surface area (Å²) in [5.74, 6) is 1.31. The normalized spacial score (nSPS) is 15.1. The number of benzene rings is 2. The summed E-state index contributed by atoms with van der Waals surface area (Å²) in [6.45, 7) is 0. The molecule has 0 aliphatic carbocycles. The molecule has 6 nitrogen and oxygen atoms in total. The van der Waals surface area contributed by atoms with E-state index in [4.69, 9.17) is 23.2 Å². The zero-order valence-electron chi connectivity index (χ0n) is 18.0. The van der Waals surface area contributed by atoms with E-state index in [9.17, 15) is 10.1 Å². The second-order valence-corrected chi connectivity index (χ2v) is 10.1. The van der Waals surface area contributed by atoms with Gasteiger partial charge in [0.1, 0.15) is 11.1 Å². The fraction of sp³-hybridized carbons (Fsp3) is 0.200. The molecule has 2 aromatic carbocycles. The first kappa shape index (κ1) is 22.7. The molecule has 0 saturated carbocycles. The number of nitrogens with one attached hydrogen (secondary N) is 1. The molecule has 1 aliphatic rings. The first-order chi connectivity index (χ1) is 16.5. The van der Waals surface area contributed by atoms with E-state index in [2.05, 4.69) is 21.5 Å². The number of fused-ring (bicyclic) bond motifs is 1. The molecule has 1 aliphatic heterocycles. The standard InChI is InChI=1S/C25H19Cl2N5OS/c26-17-7-5-16(6-8-17)22-19(18-3-1-2-4-21(18)27)13-29-23-20(14-30-32(22)23)24(33)31-25(15-28)9-11-34-12-10-25/h1-8,13-14H,9-12H2,(H,31,33). The SMILES string of the molecule is N#CC1(NC(=O)c2cnn3c(-c4ccc(Cl)cc4)c(-c4ccccc4Cl)cnc23)CCSCC1. The number of carbonyl (C=O) groups is 1. The third-order valence-electron chi connectivity index (χ3n) is 5.97. The Balaban J connectivity index is 1.65. The maximum absolute atomic E-state index is 13.3. The molecule has 0 unspecified atom stereocenters. The van der Waals surface area contributed by atoms with E-state index in [1.165, 1.54) is 6.20 Å². The topological polar surface area (TPSA) is 83.1 Å². The van der Waals surface area contributed by atoms with Gasteiger partial charge in [0.25, 0.3) is 5.91 Å². The van der Waals surface area contributed by atoms with Crippen LogP contribution < -0.4 is 5.32 Å². The summed E-state index contributed by atoms with van der Waals surface area (Å²) in [6.07, 6.45) is 4.42. The third-order valence-corrected chi connectivity index (χ3v) is 7.53. The van der Waals surface area contributed by atoms with E-state index in [-0.39, 0.29) is 5.91 Å². The molecule has 0 spiro atoms. The van der Waals surface area contributed by atoms with Crippen molar-refractivity contribution in [3.63, 3.8) is 0 Å². The Bertz CT molecular complexity index is 1420. The molecule has 0 radical (unpaired) electrons. The Morgan fingerprint density at radius 2 is 1.79 bits per heavy atom. The minimum atomic E-state index is -0.868. The van der Waals surface area contributed by atoms with Crippen LogP contribution in [0.15, 0.2) is 60.9 Å². The molecule has 0 atom stereocenters. The minimum absolute atomic E-state index is 0.314. The van der Waals surface area contributed by atoms with Crippen LogP contribution in [0.25, 0.3) is 28.0 Å². The zero-order valence-corrected chi connectivity index (χ0v) is 20.3. The van der Waals surface area contributed by atoms with Crippen molar-refractivity contribution in [3.05, 3.63) is 76.5 Å². The zero-order chi connectivity index (χ0) is 23.7. The van der Waals surface area contributed by atoms with Crippen LogP contribution in [-0.2, 0) is 0 Å². The fourth-order valence-corrected chi connectivity index (χ4v) is 5.68. The molecule has 1 fully saturated rings. The smallest absolute Gasteiger partial charge is 0.258 e. The molecule has 1 amide bonds. The van der Waals surface area contributed by atoms with Crippen molar-refractivity contribution in [2.75, 3.05) is 11.5 Å². The lowest BCUT2D eigenvalue weighted by Gasteiger charge is -2.31. The van der Waals surface area contributed by atoms with Gasteiger partial charge in [-0.05, 0) is 42.5 Å². The summed E-state index contributed by atoms with van der Waals surface area (Å²) in [7, 11) is 0. The average Bonchev–Trinajstić information content (AvgIpc) is 3.29. The van der Waals surface area contributed by atoms with E-state index in [1.807, 2.05) is 36.4 Å². The highest BCUT2D eigenvalue weighted by molar-refractivity contribution is 7.99. The molecule has 9 heteroatoms. The van der Waals surface area contributed by atoms with Crippen molar-refractivity contribution in [2.45, 2.75) is 18.4 Å². The predicted molar refractivity (Wildman–Crippen MR) is 136 cm³/mol. The van der Waals surface area contributed by atoms with Crippen LogP contribution >= 0.6 is 35.0 Å². The second-order valence-electron chi connectivity index (χ2n) is 8.06. The number of hydrogen-bond acceptors (Lipinski definition) is 5. The van der Waals surface area contributed by atoms with E-state index >= 15 is 0 Å². The minimum Gasteiger partial charge on any atom is -0.333 e. The van der Waals surface area contributed by atoms with Crippen LogP contribution in [-0.4, -0.2) is 37.5 Å². The highest BCUT2D eigenvalue weighted by atomic mass is 35.5. The molecule has 3 heterocycles. The van der Waals surface area contributed by atoms with Crippen LogP contribution in [0.3, 0.4) is 0 Å². The second kappa shape index (κ2) is 9.30. The maximum atomic E-state index is 13.3. The summed E-state index contributed by atoms with van der Waals surface area (Å²) in [4.78, 5) is 17.8. The highest BCUT2D eigenvalue weighted by Gasteiger charge is 2.35. The average molecular weight is 508 g/mol. The van der Waals surface area contributed by atoms with Gasteiger partial charge >= 0.3 is 0 Å². The fourth-order valence-electron chi connectivity index (χ4n) is 4.12. The number of carbonyl (C=O) groups excluding carboxylic acids is 1. The number of aromatic nitrogens is 3. The maximum Gasteiger partial charge on any atom is 0.258 e. The van der Waals surface area contributed by atoms with Crippen molar-refractivity contribution in [1.29, 1.82) is 5.26 Å². The van der Waals surface area contributed by atoms with Crippen molar-refractivity contribution < 1.29 is 4.79 Å². The summed E-state index contributed by atoms with van der Waals surface area (Å²) < 4.78 is 1.65. The molecule has 1 N–H and O–H groups in total. The van der Waals surface area contributed by atoms with Crippen molar-refractivity contribution in [2.24, 2.45) is 0 Å². The van der Waals surface area contributed by atoms with Crippen molar-refractivity contribution in [3.8, 4) is 28.5 Å². The number of hydrogen-bond donors (Lipinski definition) is 1. The molecular weight excluding hydrogens is 489 g/mol. The first-order valence-corrected chi connectivity index (χ1v) is 12.6. The molecule has 1 saturated heterocycles. The summed E-state index contributed by atoms with van der Waals surface area (Å²) in [6, 6.07) is 17.2. The Labute approximate surface area is 210 Å². The number of halogens is 2. The number of nitriles is 1. The Morgan fingerprint density at radius 3 is 2.50 bits per heavy atom. The van der Waals surface area contributed by atoms with Crippen LogP contribution in [0.2, 0.25) is 10.0 Å². The van der Waals surface area contributed by atoms with Crippen molar-refractivity contribution in [1.82, 2.24) is 19.9 Å². The van der Waals surface area contributed by atoms with Crippen LogP contribution in [0.4, 0.5) is 0 Å². The van der Waals surface area contributed by atoms with E-state index in [1.54, 1.807) is 34.6 Å².